The van der Waals surface area contributed by atoms with E-state index >= 15 is 0 Å². The van der Waals surface area contributed by atoms with Crippen molar-refractivity contribution in [1.82, 2.24) is 14.9 Å². The van der Waals surface area contributed by atoms with E-state index in [1.54, 1.807) is 16.2 Å². The molecule has 0 bridgehead atoms. The van der Waals surface area contributed by atoms with Crippen molar-refractivity contribution in [1.29, 1.82) is 0 Å². The summed E-state index contributed by atoms with van der Waals surface area (Å²) >= 11 is 1.71. The molecule has 1 amide bonds. The third kappa shape index (κ3) is 3.45. The summed E-state index contributed by atoms with van der Waals surface area (Å²) in [5, 5.41) is 4.60. The third-order valence-electron chi connectivity index (χ3n) is 5.96. The van der Waals surface area contributed by atoms with Crippen LogP contribution < -0.4 is 10.2 Å². The van der Waals surface area contributed by atoms with Crippen LogP contribution in [-0.4, -0.2) is 54.1 Å². The molecule has 0 saturated carbocycles. The zero-order valence-electron chi connectivity index (χ0n) is 17.5. The van der Waals surface area contributed by atoms with Crippen LogP contribution in [-0.2, 0) is 22.5 Å². The van der Waals surface area contributed by atoms with Gasteiger partial charge in [-0.2, -0.15) is 0 Å². The van der Waals surface area contributed by atoms with Gasteiger partial charge in [0, 0.05) is 36.4 Å². The van der Waals surface area contributed by atoms with Crippen LogP contribution in [0, 0.1) is 13.8 Å². The molecule has 5 rings (SSSR count). The van der Waals surface area contributed by atoms with E-state index in [2.05, 4.69) is 30.1 Å². The van der Waals surface area contributed by atoms with E-state index in [0.29, 0.717) is 13.0 Å². The largest absolute Gasteiger partial charge is 0.379 e. The summed E-state index contributed by atoms with van der Waals surface area (Å²) < 4.78 is 5.46. The zero-order valence-corrected chi connectivity index (χ0v) is 18.3. The molecule has 2 aliphatic heterocycles. The summed E-state index contributed by atoms with van der Waals surface area (Å²) in [5.74, 6) is 1.79. The Kier molecular flexibility index (Phi) is 4.92. The van der Waals surface area contributed by atoms with E-state index in [9.17, 15) is 4.79 Å². The van der Waals surface area contributed by atoms with Gasteiger partial charge in [-0.3, -0.25) is 9.69 Å². The number of likely N-dealkylation sites (N-methyl/N-ethyl adjacent to an activating group) is 1. The fourth-order valence-electron chi connectivity index (χ4n) is 4.10. The van der Waals surface area contributed by atoms with E-state index < -0.39 is 0 Å². The quantitative estimate of drug-likeness (QED) is 0.694. The minimum atomic E-state index is 0.128. The lowest BCUT2D eigenvalue weighted by Gasteiger charge is -2.25. The number of aromatic nitrogens is 2. The van der Waals surface area contributed by atoms with E-state index in [-0.39, 0.29) is 5.91 Å². The second kappa shape index (κ2) is 7.61. The molecular formula is C22H25N5O2S. The van der Waals surface area contributed by atoms with Crippen molar-refractivity contribution in [2.45, 2.75) is 26.8 Å². The van der Waals surface area contributed by atoms with Crippen molar-refractivity contribution in [3.8, 4) is 0 Å². The number of hydrogen-bond donors (Lipinski definition) is 1. The molecule has 0 atom stereocenters. The number of benzene rings is 1. The standard InChI is InChI=1S/C22H25N5O2S/c1-13-14(2)30-22-20(13)21(24-18(25-22)12-27-6-8-29-9-7-27)23-16-4-5-17-15(10-16)11-19(28)26(17)3/h4-5,10H,6-9,11-12H2,1-3H3,(H,23,24,25). The highest BCUT2D eigenvalue weighted by Gasteiger charge is 2.24. The maximum atomic E-state index is 12.0. The molecule has 1 fully saturated rings. The Morgan fingerprint density at radius 1 is 1.20 bits per heavy atom. The summed E-state index contributed by atoms with van der Waals surface area (Å²) in [4.78, 5) is 28.1. The number of carbonyl (C=O) groups is 1. The van der Waals surface area contributed by atoms with Gasteiger partial charge < -0.3 is 15.0 Å². The second-order valence-corrected chi connectivity index (χ2v) is 9.14. The van der Waals surface area contributed by atoms with Crippen LogP contribution in [0.5, 0.6) is 0 Å². The van der Waals surface area contributed by atoms with Crippen LogP contribution in [0.3, 0.4) is 0 Å². The van der Waals surface area contributed by atoms with Crippen LogP contribution in [0.4, 0.5) is 17.2 Å². The lowest BCUT2D eigenvalue weighted by molar-refractivity contribution is -0.117. The third-order valence-corrected chi connectivity index (χ3v) is 7.06. The first-order chi connectivity index (χ1) is 14.5. The minimum absolute atomic E-state index is 0.128. The Hall–Kier alpha value is -2.55. The Balaban J connectivity index is 1.51. The normalized spacial score (nSPS) is 17.0. The summed E-state index contributed by atoms with van der Waals surface area (Å²) in [6.45, 7) is 8.29. The molecule has 2 aliphatic rings. The number of anilines is 3. The molecule has 30 heavy (non-hydrogen) atoms. The topological polar surface area (TPSA) is 70.6 Å². The van der Waals surface area contributed by atoms with E-state index in [0.717, 1.165) is 65.1 Å². The number of nitrogens with zero attached hydrogens (tertiary/aromatic N) is 4. The van der Waals surface area contributed by atoms with Gasteiger partial charge in [0.25, 0.3) is 0 Å². The molecule has 0 radical (unpaired) electrons. The molecular weight excluding hydrogens is 398 g/mol. The first kappa shape index (κ1) is 19.4. The van der Waals surface area contributed by atoms with Gasteiger partial charge >= 0.3 is 0 Å². The van der Waals surface area contributed by atoms with Gasteiger partial charge in [0.15, 0.2) is 0 Å². The van der Waals surface area contributed by atoms with Gasteiger partial charge in [-0.15, -0.1) is 11.3 Å². The lowest BCUT2D eigenvalue weighted by atomic mass is 10.1. The van der Waals surface area contributed by atoms with Crippen molar-refractivity contribution in [2.24, 2.45) is 0 Å². The summed E-state index contributed by atoms with van der Waals surface area (Å²) in [5.41, 5.74) is 4.18. The molecule has 0 spiro atoms. The maximum absolute atomic E-state index is 12.0. The second-order valence-electron chi connectivity index (χ2n) is 7.94. The lowest BCUT2D eigenvalue weighted by Crippen LogP contribution is -2.36. The fourth-order valence-corrected chi connectivity index (χ4v) is 5.15. The predicted octanol–water partition coefficient (Wildman–Crippen LogP) is 3.40. The number of fused-ring (bicyclic) bond motifs is 2. The molecule has 1 N–H and O–H groups in total. The van der Waals surface area contributed by atoms with E-state index in [1.165, 1.54) is 10.4 Å². The number of hydrogen-bond acceptors (Lipinski definition) is 7. The van der Waals surface area contributed by atoms with Crippen LogP contribution in [0.1, 0.15) is 21.8 Å². The van der Waals surface area contributed by atoms with E-state index in [1.807, 2.05) is 19.2 Å². The van der Waals surface area contributed by atoms with Gasteiger partial charge in [-0.1, -0.05) is 0 Å². The SMILES string of the molecule is Cc1sc2nc(CN3CCOCC3)nc(Nc3ccc4c(c3)CC(=O)N4C)c2c1C. The van der Waals surface area contributed by atoms with Crippen molar-refractivity contribution < 1.29 is 9.53 Å². The van der Waals surface area contributed by atoms with Crippen molar-refractivity contribution in [2.75, 3.05) is 43.6 Å². The highest BCUT2D eigenvalue weighted by atomic mass is 32.1. The first-order valence-electron chi connectivity index (χ1n) is 10.2. The maximum Gasteiger partial charge on any atom is 0.231 e. The number of carbonyl (C=O) groups excluding carboxylic acids is 1. The van der Waals surface area contributed by atoms with Crippen molar-refractivity contribution in [3.63, 3.8) is 0 Å². The van der Waals surface area contributed by atoms with Crippen molar-refractivity contribution >= 4 is 44.7 Å². The molecule has 2 aromatic heterocycles. The Bertz CT molecular complexity index is 1140. The Labute approximate surface area is 179 Å². The number of amides is 1. The van der Waals surface area contributed by atoms with Crippen LogP contribution in [0.15, 0.2) is 18.2 Å². The molecule has 0 unspecified atom stereocenters. The Morgan fingerprint density at radius 2 is 2.00 bits per heavy atom. The monoisotopic (exact) mass is 423 g/mol. The molecule has 0 aliphatic carbocycles. The molecule has 1 aromatic carbocycles. The number of nitrogens with one attached hydrogen (secondary N) is 1. The van der Waals surface area contributed by atoms with Crippen LogP contribution in [0.2, 0.25) is 0 Å². The van der Waals surface area contributed by atoms with Crippen molar-refractivity contribution in [3.05, 3.63) is 40.0 Å². The zero-order chi connectivity index (χ0) is 20.8. The number of ether oxygens (including phenoxy) is 1. The minimum Gasteiger partial charge on any atom is -0.379 e. The molecule has 4 heterocycles. The molecule has 8 heteroatoms. The highest BCUT2D eigenvalue weighted by Crippen LogP contribution is 2.36. The first-order valence-corrected chi connectivity index (χ1v) is 11.0. The van der Waals surface area contributed by atoms with Gasteiger partial charge in [-0.25, -0.2) is 9.97 Å². The molecule has 156 valence electrons. The number of rotatable bonds is 4. The van der Waals surface area contributed by atoms with Gasteiger partial charge in [0.2, 0.25) is 5.91 Å². The summed E-state index contributed by atoms with van der Waals surface area (Å²) in [7, 11) is 1.82. The average molecular weight is 424 g/mol. The van der Waals surface area contributed by atoms with Gasteiger partial charge in [0.1, 0.15) is 16.5 Å². The highest BCUT2D eigenvalue weighted by molar-refractivity contribution is 7.18. The Morgan fingerprint density at radius 3 is 2.80 bits per heavy atom. The molecule has 3 aromatic rings. The van der Waals surface area contributed by atoms with Gasteiger partial charge in [-0.05, 0) is 43.2 Å². The smallest absolute Gasteiger partial charge is 0.231 e. The summed E-state index contributed by atoms with van der Waals surface area (Å²) in [6.07, 6.45) is 0.444. The predicted molar refractivity (Wildman–Crippen MR) is 120 cm³/mol. The summed E-state index contributed by atoms with van der Waals surface area (Å²) in [6, 6.07) is 6.07. The number of morpholine rings is 1. The average Bonchev–Trinajstić information content (AvgIpc) is 3.17. The van der Waals surface area contributed by atoms with E-state index in [4.69, 9.17) is 14.7 Å². The molecule has 1 saturated heterocycles. The van der Waals surface area contributed by atoms with Crippen LogP contribution >= 0.6 is 11.3 Å². The molecule has 7 nitrogen and oxygen atoms in total. The number of aryl methyl sites for hydroxylation is 2. The van der Waals surface area contributed by atoms with Gasteiger partial charge in [0.05, 0.1) is 31.6 Å². The number of thiophene rings is 1. The van der Waals surface area contributed by atoms with Crippen LogP contribution in [0.25, 0.3) is 10.2 Å². The fraction of sp³-hybridized carbons (Fsp3) is 0.409.